The molecule has 1 unspecified atom stereocenters. The van der Waals surface area contributed by atoms with Crippen LogP contribution in [0.2, 0.25) is 0 Å². The standard InChI is InChI=1S/C15H14N2O3S/c1-9-12(21-8-16-9)13(18)17-15(14(19)20)7-6-10-4-2-3-5-11(10)15/h2-5,8H,6-7H2,1H3,(H,17,18)(H,19,20). The summed E-state index contributed by atoms with van der Waals surface area (Å²) >= 11 is 1.22. The summed E-state index contributed by atoms with van der Waals surface area (Å²) in [4.78, 5) is 28.7. The van der Waals surface area contributed by atoms with Gasteiger partial charge in [0.05, 0.1) is 11.2 Å². The maximum Gasteiger partial charge on any atom is 0.334 e. The van der Waals surface area contributed by atoms with Crippen molar-refractivity contribution in [3.8, 4) is 0 Å². The molecule has 1 aromatic heterocycles. The lowest BCUT2D eigenvalue weighted by Gasteiger charge is -2.26. The third-order valence-electron chi connectivity index (χ3n) is 3.89. The highest BCUT2D eigenvalue weighted by molar-refractivity contribution is 7.11. The summed E-state index contributed by atoms with van der Waals surface area (Å²) in [5.74, 6) is -1.41. The van der Waals surface area contributed by atoms with E-state index in [0.717, 1.165) is 5.56 Å². The molecule has 1 heterocycles. The number of carbonyl (C=O) groups excluding carboxylic acids is 1. The molecule has 1 aliphatic rings. The van der Waals surface area contributed by atoms with Gasteiger partial charge in [-0.15, -0.1) is 11.3 Å². The zero-order valence-electron chi connectivity index (χ0n) is 11.4. The molecule has 0 radical (unpaired) electrons. The van der Waals surface area contributed by atoms with E-state index in [0.29, 0.717) is 29.0 Å². The fourth-order valence-electron chi connectivity index (χ4n) is 2.79. The van der Waals surface area contributed by atoms with E-state index in [-0.39, 0.29) is 5.91 Å². The average molecular weight is 302 g/mol. The van der Waals surface area contributed by atoms with Crippen LogP contribution in [0.4, 0.5) is 0 Å². The number of nitrogens with one attached hydrogen (secondary N) is 1. The molecule has 2 N–H and O–H groups in total. The smallest absolute Gasteiger partial charge is 0.334 e. The van der Waals surface area contributed by atoms with Gasteiger partial charge in [0.15, 0.2) is 5.54 Å². The summed E-state index contributed by atoms with van der Waals surface area (Å²) in [6.07, 6.45) is 1.01. The van der Waals surface area contributed by atoms with Crippen LogP contribution >= 0.6 is 11.3 Å². The molecule has 0 spiro atoms. The predicted octanol–water partition coefficient (Wildman–Crippen LogP) is 2.11. The number of hydrogen-bond acceptors (Lipinski definition) is 4. The number of aliphatic carboxylic acids is 1. The predicted molar refractivity (Wildman–Crippen MR) is 78.4 cm³/mol. The highest BCUT2D eigenvalue weighted by Crippen LogP contribution is 2.37. The Balaban J connectivity index is 2.00. The van der Waals surface area contributed by atoms with Crippen LogP contribution in [0.15, 0.2) is 29.8 Å². The Morgan fingerprint density at radius 1 is 1.38 bits per heavy atom. The molecule has 1 amide bonds. The maximum atomic E-state index is 12.4. The molecular weight excluding hydrogens is 288 g/mol. The maximum absolute atomic E-state index is 12.4. The van der Waals surface area contributed by atoms with Crippen LogP contribution in [0, 0.1) is 6.92 Å². The Hall–Kier alpha value is -2.21. The highest BCUT2D eigenvalue weighted by atomic mass is 32.1. The molecular formula is C15H14N2O3S. The van der Waals surface area contributed by atoms with Crippen molar-refractivity contribution < 1.29 is 14.7 Å². The van der Waals surface area contributed by atoms with E-state index < -0.39 is 11.5 Å². The Kier molecular flexibility index (Phi) is 3.25. The second-order valence-electron chi connectivity index (χ2n) is 5.09. The fourth-order valence-corrected chi connectivity index (χ4v) is 3.48. The largest absolute Gasteiger partial charge is 0.479 e. The Morgan fingerprint density at radius 2 is 2.14 bits per heavy atom. The van der Waals surface area contributed by atoms with Crippen LogP contribution in [0.3, 0.4) is 0 Å². The molecule has 1 aliphatic carbocycles. The summed E-state index contributed by atoms with van der Waals surface area (Å²) in [5.41, 5.74) is 2.50. The lowest BCUT2D eigenvalue weighted by molar-refractivity contribution is -0.144. The monoisotopic (exact) mass is 302 g/mol. The third kappa shape index (κ3) is 2.12. The SMILES string of the molecule is Cc1ncsc1C(=O)NC1(C(=O)O)CCc2ccccc21. The first-order valence-electron chi connectivity index (χ1n) is 6.59. The topological polar surface area (TPSA) is 79.3 Å². The van der Waals surface area contributed by atoms with E-state index in [2.05, 4.69) is 10.3 Å². The quantitative estimate of drug-likeness (QED) is 0.910. The van der Waals surface area contributed by atoms with Crippen LogP contribution < -0.4 is 5.32 Å². The average Bonchev–Trinajstić information content (AvgIpc) is 3.04. The first-order valence-corrected chi connectivity index (χ1v) is 7.47. The van der Waals surface area contributed by atoms with E-state index in [4.69, 9.17) is 0 Å². The molecule has 0 fully saturated rings. The number of thiazole rings is 1. The number of nitrogens with zero attached hydrogens (tertiary/aromatic N) is 1. The summed E-state index contributed by atoms with van der Waals surface area (Å²) < 4.78 is 0. The van der Waals surface area contributed by atoms with Gasteiger partial charge in [-0.2, -0.15) is 0 Å². The van der Waals surface area contributed by atoms with Crippen LogP contribution in [-0.4, -0.2) is 22.0 Å². The van der Waals surface area contributed by atoms with Crippen LogP contribution in [-0.2, 0) is 16.8 Å². The molecule has 0 saturated heterocycles. The van der Waals surface area contributed by atoms with Crippen molar-refractivity contribution in [2.45, 2.75) is 25.3 Å². The number of aryl methyl sites for hydroxylation is 2. The molecule has 6 heteroatoms. The number of carbonyl (C=O) groups is 2. The summed E-state index contributed by atoms with van der Waals surface area (Å²) in [7, 11) is 0. The molecule has 108 valence electrons. The van der Waals surface area contributed by atoms with Gasteiger partial charge < -0.3 is 10.4 Å². The Labute approximate surface area is 125 Å². The minimum atomic E-state index is -1.34. The second kappa shape index (κ2) is 4.96. The highest BCUT2D eigenvalue weighted by Gasteiger charge is 2.47. The van der Waals surface area contributed by atoms with E-state index >= 15 is 0 Å². The van der Waals surface area contributed by atoms with Crippen LogP contribution in [0.1, 0.15) is 32.9 Å². The van der Waals surface area contributed by atoms with E-state index in [1.165, 1.54) is 11.3 Å². The first kappa shape index (κ1) is 13.8. The molecule has 0 aliphatic heterocycles. The minimum Gasteiger partial charge on any atom is -0.479 e. The number of carboxylic acids is 1. The number of rotatable bonds is 3. The molecule has 0 saturated carbocycles. The van der Waals surface area contributed by atoms with Crippen molar-refractivity contribution in [2.24, 2.45) is 0 Å². The van der Waals surface area contributed by atoms with Gasteiger partial charge in [-0.3, -0.25) is 4.79 Å². The summed E-state index contributed by atoms with van der Waals surface area (Å²) in [6, 6.07) is 7.36. The third-order valence-corrected chi connectivity index (χ3v) is 4.82. The van der Waals surface area contributed by atoms with E-state index in [1.807, 2.05) is 12.1 Å². The number of aromatic nitrogens is 1. The van der Waals surface area contributed by atoms with Crippen molar-refractivity contribution >= 4 is 23.2 Å². The number of carboxylic acid groups (broad SMARTS) is 1. The molecule has 2 aromatic rings. The van der Waals surface area contributed by atoms with Gasteiger partial charge in [-0.25, -0.2) is 9.78 Å². The first-order chi connectivity index (χ1) is 10.0. The molecule has 0 bridgehead atoms. The number of fused-ring (bicyclic) bond motifs is 1. The van der Waals surface area contributed by atoms with Gasteiger partial charge >= 0.3 is 5.97 Å². The Bertz CT molecular complexity index is 725. The normalized spacial score (nSPS) is 20.0. The zero-order valence-corrected chi connectivity index (χ0v) is 12.2. The molecule has 5 nitrogen and oxygen atoms in total. The lowest BCUT2D eigenvalue weighted by atomic mass is 9.91. The molecule has 1 atom stereocenters. The van der Waals surface area contributed by atoms with Gasteiger partial charge in [0.1, 0.15) is 4.88 Å². The lowest BCUT2D eigenvalue weighted by Crippen LogP contribution is -2.50. The van der Waals surface area contributed by atoms with Gasteiger partial charge in [-0.05, 0) is 30.9 Å². The summed E-state index contributed by atoms with van der Waals surface area (Å²) in [5, 5.41) is 12.4. The van der Waals surface area contributed by atoms with Gasteiger partial charge in [0, 0.05) is 0 Å². The number of amides is 1. The van der Waals surface area contributed by atoms with Crippen molar-refractivity contribution in [3.63, 3.8) is 0 Å². The number of hydrogen-bond donors (Lipinski definition) is 2. The van der Waals surface area contributed by atoms with Crippen molar-refractivity contribution in [3.05, 3.63) is 51.5 Å². The van der Waals surface area contributed by atoms with E-state index in [1.54, 1.807) is 24.6 Å². The van der Waals surface area contributed by atoms with Gasteiger partial charge in [-0.1, -0.05) is 24.3 Å². The van der Waals surface area contributed by atoms with E-state index in [9.17, 15) is 14.7 Å². The minimum absolute atomic E-state index is 0.366. The molecule has 1 aromatic carbocycles. The molecule has 21 heavy (non-hydrogen) atoms. The molecule has 3 rings (SSSR count). The second-order valence-corrected chi connectivity index (χ2v) is 5.94. The fraction of sp³-hybridized carbons (Fsp3) is 0.267. The van der Waals surface area contributed by atoms with Crippen LogP contribution in [0.25, 0.3) is 0 Å². The van der Waals surface area contributed by atoms with Crippen molar-refractivity contribution in [1.82, 2.24) is 10.3 Å². The van der Waals surface area contributed by atoms with Gasteiger partial charge in [0.25, 0.3) is 5.91 Å². The van der Waals surface area contributed by atoms with Crippen molar-refractivity contribution in [1.29, 1.82) is 0 Å². The van der Waals surface area contributed by atoms with Crippen molar-refractivity contribution in [2.75, 3.05) is 0 Å². The summed E-state index contributed by atoms with van der Waals surface area (Å²) in [6.45, 7) is 1.74. The van der Waals surface area contributed by atoms with Gasteiger partial charge in [0.2, 0.25) is 0 Å². The Morgan fingerprint density at radius 3 is 2.81 bits per heavy atom. The zero-order chi connectivity index (χ0) is 15.0. The van der Waals surface area contributed by atoms with Crippen LogP contribution in [0.5, 0.6) is 0 Å². The number of benzene rings is 1.